The van der Waals surface area contributed by atoms with Crippen LogP contribution in [0.3, 0.4) is 0 Å². The summed E-state index contributed by atoms with van der Waals surface area (Å²) in [5, 5.41) is 2.53. The number of hydrogen-bond donors (Lipinski definition) is 1. The van der Waals surface area contributed by atoms with Gasteiger partial charge in [0.15, 0.2) is 11.5 Å². The lowest BCUT2D eigenvalue weighted by Crippen LogP contribution is -2.23. The number of nitrogens with one attached hydrogen (secondary N) is 1. The molecular weight excluding hydrogens is 218 g/mol. The van der Waals surface area contributed by atoms with Crippen LogP contribution in [0.15, 0.2) is 4.42 Å². The Morgan fingerprint density at radius 2 is 2.29 bits per heavy atom. The van der Waals surface area contributed by atoms with Crippen molar-refractivity contribution in [2.75, 3.05) is 6.54 Å². The highest BCUT2D eigenvalue weighted by Crippen LogP contribution is 2.29. The number of ketones is 1. The minimum Gasteiger partial charge on any atom is -0.455 e. The fraction of sp³-hybridized carbons (Fsp3) is 0.385. The average molecular weight is 231 g/mol. The molecular formula is C13H13NO3. The first-order valence-electron chi connectivity index (χ1n) is 5.52. The van der Waals surface area contributed by atoms with E-state index in [4.69, 9.17) is 10.8 Å². The number of rotatable bonds is 2. The predicted molar refractivity (Wildman–Crippen MR) is 61.9 cm³/mol. The molecule has 0 saturated heterocycles. The van der Waals surface area contributed by atoms with E-state index < -0.39 is 0 Å². The molecule has 4 heteroatoms. The Hall–Kier alpha value is -2.02. The molecule has 4 nitrogen and oxygen atoms in total. The molecule has 88 valence electrons. The third kappa shape index (κ3) is 1.96. The summed E-state index contributed by atoms with van der Waals surface area (Å²) in [6, 6.07) is 0. The van der Waals surface area contributed by atoms with Crippen LogP contribution in [0.5, 0.6) is 0 Å². The zero-order valence-corrected chi connectivity index (χ0v) is 9.63. The number of aryl methyl sites for hydroxylation is 1. The molecule has 1 N–H and O–H groups in total. The molecule has 0 radical (unpaired) electrons. The van der Waals surface area contributed by atoms with E-state index in [9.17, 15) is 9.59 Å². The number of hydrogen-bond acceptors (Lipinski definition) is 3. The Bertz CT molecular complexity index is 520. The summed E-state index contributed by atoms with van der Waals surface area (Å²) < 4.78 is 5.46. The van der Waals surface area contributed by atoms with Crippen molar-refractivity contribution in [3.8, 4) is 12.3 Å². The maximum atomic E-state index is 11.7. The molecule has 1 aromatic rings. The SMILES string of the molecule is C#CCNC(=O)c1oc2c(c1C)C(=O)CCC2. The van der Waals surface area contributed by atoms with Crippen LogP contribution < -0.4 is 5.32 Å². The zero-order valence-electron chi connectivity index (χ0n) is 9.63. The highest BCUT2D eigenvalue weighted by molar-refractivity contribution is 6.03. The smallest absolute Gasteiger partial charge is 0.288 e. The van der Waals surface area contributed by atoms with Crippen molar-refractivity contribution in [3.63, 3.8) is 0 Å². The van der Waals surface area contributed by atoms with Crippen molar-refractivity contribution in [3.05, 3.63) is 22.6 Å². The van der Waals surface area contributed by atoms with E-state index in [0.29, 0.717) is 29.7 Å². The molecule has 0 unspecified atom stereocenters. The summed E-state index contributed by atoms with van der Waals surface area (Å²) in [6.07, 6.45) is 7.08. The van der Waals surface area contributed by atoms with Crippen molar-refractivity contribution in [1.29, 1.82) is 0 Å². The fourth-order valence-electron chi connectivity index (χ4n) is 2.08. The fourth-order valence-corrected chi connectivity index (χ4v) is 2.08. The number of fused-ring (bicyclic) bond motifs is 1. The largest absolute Gasteiger partial charge is 0.455 e. The van der Waals surface area contributed by atoms with Crippen LogP contribution in [0.25, 0.3) is 0 Å². The maximum absolute atomic E-state index is 11.7. The zero-order chi connectivity index (χ0) is 12.4. The van der Waals surface area contributed by atoms with Crippen LogP contribution in [-0.2, 0) is 6.42 Å². The third-order valence-electron chi connectivity index (χ3n) is 2.86. The van der Waals surface area contributed by atoms with Gasteiger partial charge < -0.3 is 9.73 Å². The number of Topliss-reactive ketones (excluding diaryl/α,β-unsaturated/α-hetero) is 1. The lowest BCUT2D eigenvalue weighted by Gasteiger charge is -2.07. The standard InChI is InChI=1S/C13H13NO3/c1-3-7-14-13(16)12-8(2)11-9(15)5-4-6-10(11)17-12/h1H,4-7H2,2H3,(H,14,16). The molecule has 1 aliphatic carbocycles. The maximum Gasteiger partial charge on any atom is 0.288 e. The molecule has 0 atom stereocenters. The Labute approximate surface area is 99.4 Å². The van der Waals surface area contributed by atoms with Crippen LogP contribution in [0.2, 0.25) is 0 Å². The summed E-state index contributed by atoms with van der Waals surface area (Å²) in [5.74, 6) is 2.86. The van der Waals surface area contributed by atoms with Crippen molar-refractivity contribution < 1.29 is 14.0 Å². The highest BCUT2D eigenvalue weighted by Gasteiger charge is 2.28. The Morgan fingerprint density at radius 1 is 1.53 bits per heavy atom. The predicted octanol–water partition coefficient (Wildman–Crippen LogP) is 1.47. The van der Waals surface area contributed by atoms with Crippen LogP contribution in [-0.4, -0.2) is 18.2 Å². The first kappa shape index (κ1) is 11.5. The summed E-state index contributed by atoms with van der Waals surface area (Å²) in [6.45, 7) is 1.88. The van der Waals surface area contributed by atoms with Crippen molar-refractivity contribution >= 4 is 11.7 Å². The molecule has 1 aromatic heterocycles. The molecule has 0 aliphatic heterocycles. The van der Waals surface area contributed by atoms with Gasteiger partial charge in [0.2, 0.25) is 0 Å². The second kappa shape index (κ2) is 4.46. The van der Waals surface area contributed by atoms with Crippen molar-refractivity contribution in [2.45, 2.75) is 26.2 Å². The lowest BCUT2D eigenvalue weighted by molar-refractivity contribution is 0.0924. The normalized spacial score (nSPS) is 14.0. The Morgan fingerprint density at radius 3 is 2.94 bits per heavy atom. The summed E-state index contributed by atoms with van der Waals surface area (Å²) in [7, 11) is 0. The van der Waals surface area contributed by atoms with Gasteiger partial charge in [0.25, 0.3) is 5.91 Å². The van der Waals surface area contributed by atoms with Gasteiger partial charge in [-0.2, -0.15) is 0 Å². The van der Waals surface area contributed by atoms with Crippen molar-refractivity contribution in [2.24, 2.45) is 0 Å². The molecule has 1 amide bonds. The third-order valence-corrected chi connectivity index (χ3v) is 2.86. The molecule has 2 rings (SSSR count). The van der Waals surface area contributed by atoms with Gasteiger partial charge >= 0.3 is 0 Å². The van der Waals surface area contributed by atoms with Crippen molar-refractivity contribution in [1.82, 2.24) is 5.32 Å². The van der Waals surface area contributed by atoms with Gasteiger partial charge in [0.05, 0.1) is 12.1 Å². The van der Waals surface area contributed by atoms with E-state index in [0.717, 1.165) is 6.42 Å². The van der Waals surface area contributed by atoms with Crippen LogP contribution in [0, 0.1) is 19.3 Å². The Kier molecular flexibility index (Phi) is 3.01. The number of terminal acetylenes is 1. The second-order valence-electron chi connectivity index (χ2n) is 4.02. The highest BCUT2D eigenvalue weighted by atomic mass is 16.4. The van der Waals surface area contributed by atoms with Gasteiger partial charge in [-0.3, -0.25) is 9.59 Å². The van der Waals surface area contributed by atoms with Gasteiger partial charge in [0, 0.05) is 18.4 Å². The van der Waals surface area contributed by atoms with Gasteiger partial charge in [-0.15, -0.1) is 6.42 Å². The van der Waals surface area contributed by atoms with E-state index >= 15 is 0 Å². The minimum absolute atomic E-state index is 0.0588. The molecule has 0 aromatic carbocycles. The minimum atomic E-state index is -0.359. The van der Waals surface area contributed by atoms with Crippen LogP contribution in [0.4, 0.5) is 0 Å². The average Bonchev–Trinajstić information content (AvgIpc) is 2.65. The van der Waals surface area contributed by atoms with Gasteiger partial charge in [-0.05, 0) is 13.3 Å². The number of furan rings is 1. The molecule has 0 bridgehead atoms. The molecule has 1 heterocycles. The molecule has 0 spiro atoms. The number of carbonyl (C=O) groups is 2. The van der Waals surface area contributed by atoms with E-state index in [1.165, 1.54) is 0 Å². The van der Waals surface area contributed by atoms with Crippen LogP contribution >= 0.6 is 0 Å². The summed E-state index contributed by atoms with van der Waals surface area (Å²) >= 11 is 0. The van der Waals surface area contributed by atoms with E-state index in [2.05, 4.69) is 11.2 Å². The first-order valence-corrected chi connectivity index (χ1v) is 5.52. The van der Waals surface area contributed by atoms with Gasteiger partial charge in [-0.25, -0.2) is 0 Å². The van der Waals surface area contributed by atoms with Gasteiger partial charge in [-0.1, -0.05) is 5.92 Å². The second-order valence-corrected chi connectivity index (χ2v) is 4.02. The Balaban J connectivity index is 2.35. The summed E-state index contributed by atoms with van der Waals surface area (Å²) in [4.78, 5) is 23.5. The van der Waals surface area contributed by atoms with E-state index in [-0.39, 0.29) is 24.0 Å². The van der Waals surface area contributed by atoms with Gasteiger partial charge in [0.1, 0.15) is 5.76 Å². The van der Waals surface area contributed by atoms with E-state index in [1.807, 2.05) is 0 Å². The number of amides is 1. The molecule has 0 fully saturated rings. The monoisotopic (exact) mass is 231 g/mol. The first-order chi connectivity index (χ1) is 8.15. The molecule has 17 heavy (non-hydrogen) atoms. The number of carbonyl (C=O) groups excluding carboxylic acids is 2. The van der Waals surface area contributed by atoms with E-state index in [1.54, 1.807) is 6.92 Å². The molecule has 1 aliphatic rings. The van der Waals surface area contributed by atoms with Crippen LogP contribution in [0.1, 0.15) is 45.1 Å². The topological polar surface area (TPSA) is 59.3 Å². The molecule has 0 saturated carbocycles. The quantitative estimate of drug-likeness (QED) is 0.784. The lowest BCUT2D eigenvalue weighted by atomic mass is 9.94. The summed E-state index contributed by atoms with van der Waals surface area (Å²) in [5.41, 5.74) is 1.21.